The summed E-state index contributed by atoms with van der Waals surface area (Å²) < 4.78 is 13.9. The highest BCUT2D eigenvalue weighted by molar-refractivity contribution is 9.10. The highest BCUT2D eigenvalue weighted by atomic mass is 79.9. The molecule has 4 aromatic rings. The molecule has 5 rings (SSSR count). The van der Waals surface area contributed by atoms with Crippen molar-refractivity contribution in [2.75, 3.05) is 40.0 Å². The minimum Gasteiger partial charge on any atom is -0.497 e. The molecular formula is C26H27BrN4O2. The van der Waals surface area contributed by atoms with E-state index >= 15 is 0 Å². The van der Waals surface area contributed by atoms with Crippen molar-refractivity contribution >= 4 is 26.8 Å². The van der Waals surface area contributed by atoms with Crippen molar-refractivity contribution in [3.8, 4) is 22.7 Å². The van der Waals surface area contributed by atoms with Gasteiger partial charge in [-0.05, 0) is 64.6 Å². The fourth-order valence-electron chi connectivity index (χ4n) is 4.30. The Labute approximate surface area is 202 Å². The van der Waals surface area contributed by atoms with Gasteiger partial charge in [-0.25, -0.2) is 9.97 Å². The predicted molar refractivity (Wildman–Crippen MR) is 134 cm³/mol. The van der Waals surface area contributed by atoms with Gasteiger partial charge in [0.05, 0.1) is 25.8 Å². The Morgan fingerprint density at radius 3 is 2.58 bits per heavy atom. The summed E-state index contributed by atoms with van der Waals surface area (Å²) in [4.78, 5) is 11.6. The van der Waals surface area contributed by atoms with Gasteiger partial charge in [0, 0.05) is 40.9 Å². The summed E-state index contributed by atoms with van der Waals surface area (Å²) in [6.07, 6.45) is 5.77. The number of aromatic nitrogens is 3. The van der Waals surface area contributed by atoms with Gasteiger partial charge in [-0.2, -0.15) is 0 Å². The number of aryl methyl sites for hydroxylation is 1. The molecule has 0 atom stereocenters. The van der Waals surface area contributed by atoms with Crippen molar-refractivity contribution in [2.24, 2.45) is 0 Å². The predicted octanol–water partition coefficient (Wildman–Crippen LogP) is 5.12. The number of hydrogen-bond donors (Lipinski definition) is 0. The van der Waals surface area contributed by atoms with Crippen LogP contribution in [0.15, 0.2) is 65.5 Å². The number of benzene rings is 2. The van der Waals surface area contributed by atoms with Gasteiger partial charge in [0.1, 0.15) is 17.9 Å². The van der Waals surface area contributed by atoms with Crippen molar-refractivity contribution in [3.05, 3.63) is 71.2 Å². The average molecular weight is 507 g/mol. The van der Waals surface area contributed by atoms with Gasteiger partial charge in [-0.15, -0.1) is 0 Å². The van der Waals surface area contributed by atoms with E-state index in [0.29, 0.717) is 0 Å². The van der Waals surface area contributed by atoms with Crippen molar-refractivity contribution in [1.82, 2.24) is 19.4 Å². The fourth-order valence-corrected chi connectivity index (χ4v) is 4.84. The maximum atomic E-state index is 5.44. The second-order valence-corrected chi connectivity index (χ2v) is 9.09. The molecule has 0 spiro atoms. The topological polar surface area (TPSA) is 52.4 Å². The molecule has 1 fully saturated rings. The Balaban J connectivity index is 1.39. The molecule has 2 aromatic carbocycles. The van der Waals surface area contributed by atoms with Crippen molar-refractivity contribution in [1.29, 1.82) is 0 Å². The maximum Gasteiger partial charge on any atom is 0.140 e. The standard InChI is InChI=1S/C26H27BrN4O2/c1-32-22-7-4-19(5-8-22)20-6-9-23-24(27)17-31(25(23)15-20)26-16-21(28-18-29-26)3-2-10-30-11-13-33-14-12-30/h4-9,15-18H,2-3,10-14H2,1H3. The minimum atomic E-state index is 0.839. The number of methoxy groups -OCH3 is 1. The van der Waals surface area contributed by atoms with Crippen LogP contribution >= 0.6 is 15.9 Å². The SMILES string of the molecule is COc1ccc(-c2ccc3c(Br)cn(-c4cc(CCCN5CCOCC5)ncn4)c3c2)cc1. The van der Waals surface area contributed by atoms with Crippen LogP contribution in [0.1, 0.15) is 12.1 Å². The first kappa shape index (κ1) is 22.1. The Bertz CT molecular complexity index is 1230. The molecule has 0 amide bonds. The largest absolute Gasteiger partial charge is 0.497 e. The third-order valence-corrected chi connectivity index (χ3v) is 6.78. The van der Waals surface area contributed by atoms with E-state index < -0.39 is 0 Å². The Morgan fingerprint density at radius 1 is 1.00 bits per heavy atom. The fraction of sp³-hybridized carbons (Fsp3) is 0.308. The summed E-state index contributed by atoms with van der Waals surface area (Å²) >= 11 is 3.72. The zero-order chi connectivity index (χ0) is 22.6. The molecule has 0 radical (unpaired) electrons. The van der Waals surface area contributed by atoms with Crippen LogP contribution in [0.4, 0.5) is 0 Å². The van der Waals surface area contributed by atoms with E-state index in [1.165, 1.54) is 0 Å². The lowest BCUT2D eigenvalue weighted by atomic mass is 10.0. The molecule has 1 saturated heterocycles. The molecule has 1 aliphatic heterocycles. The summed E-state index contributed by atoms with van der Waals surface area (Å²) in [5.74, 6) is 1.74. The maximum absolute atomic E-state index is 5.44. The summed E-state index contributed by atoms with van der Waals surface area (Å²) in [7, 11) is 1.68. The number of rotatable bonds is 7. The molecule has 0 bridgehead atoms. The van der Waals surface area contributed by atoms with E-state index in [0.717, 1.165) is 89.5 Å². The number of morpholine rings is 1. The third-order valence-electron chi connectivity index (χ3n) is 6.15. The first-order valence-electron chi connectivity index (χ1n) is 11.3. The third kappa shape index (κ3) is 4.95. The second-order valence-electron chi connectivity index (χ2n) is 8.23. The van der Waals surface area contributed by atoms with E-state index in [9.17, 15) is 0 Å². The van der Waals surface area contributed by atoms with E-state index in [-0.39, 0.29) is 0 Å². The molecule has 0 unspecified atom stereocenters. The van der Waals surface area contributed by atoms with Crippen LogP contribution in [-0.4, -0.2) is 59.4 Å². The Hall–Kier alpha value is -2.74. The van der Waals surface area contributed by atoms with Crippen LogP contribution < -0.4 is 4.74 Å². The monoisotopic (exact) mass is 506 g/mol. The lowest BCUT2D eigenvalue weighted by molar-refractivity contribution is 0.0374. The van der Waals surface area contributed by atoms with E-state index in [2.05, 4.69) is 78.0 Å². The Kier molecular flexibility index (Phi) is 6.71. The van der Waals surface area contributed by atoms with E-state index in [4.69, 9.17) is 9.47 Å². The van der Waals surface area contributed by atoms with Gasteiger partial charge in [0.25, 0.3) is 0 Å². The van der Waals surface area contributed by atoms with Crippen molar-refractivity contribution in [3.63, 3.8) is 0 Å². The van der Waals surface area contributed by atoms with Crippen molar-refractivity contribution < 1.29 is 9.47 Å². The number of nitrogens with zero attached hydrogens (tertiary/aromatic N) is 4. The number of fused-ring (bicyclic) bond motifs is 1. The zero-order valence-electron chi connectivity index (χ0n) is 18.7. The molecule has 1 aliphatic rings. The summed E-state index contributed by atoms with van der Waals surface area (Å²) in [6.45, 7) is 4.80. The molecule has 6 nitrogen and oxygen atoms in total. The van der Waals surface area contributed by atoms with Crippen LogP contribution in [0.5, 0.6) is 5.75 Å². The first-order valence-corrected chi connectivity index (χ1v) is 12.1. The van der Waals surface area contributed by atoms with Gasteiger partial charge >= 0.3 is 0 Å². The lowest BCUT2D eigenvalue weighted by Gasteiger charge is -2.26. The summed E-state index contributed by atoms with van der Waals surface area (Å²) in [6, 6.07) is 16.8. The number of halogens is 1. The van der Waals surface area contributed by atoms with Gasteiger partial charge in [-0.3, -0.25) is 9.47 Å². The second kappa shape index (κ2) is 10.0. The first-order chi connectivity index (χ1) is 16.2. The van der Waals surface area contributed by atoms with Gasteiger partial charge in [0.2, 0.25) is 0 Å². The minimum absolute atomic E-state index is 0.839. The quantitative estimate of drug-likeness (QED) is 0.348. The highest BCUT2D eigenvalue weighted by Gasteiger charge is 2.13. The van der Waals surface area contributed by atoms with Crippen LogP contribution in [0.25, 0.3) is 27.8 Å². The van der Waals surface area contributed by atoms with E-state index in [1.807, 2.05) is 12.1 Å². The van der Waals surface area contributed by atoms with Gasteiger partial charge < -0.3 is 9.47 Å². The molecule has 0 aliphatic carbocycles. The average Bonchev–Trinajstić information content (AvgIpc) is 3.21. The Morgan fingerprint density at radius 2 is 1.79 bits per heavy atom. The molecule has 0 N–H and O–H groups in total. The zero-order valence-corrected chi connectivity index (χ0v) is 20.3. The molecule has 33 heavy (non-hydrogen) atoms. The smallest absolute Gasteiger partial charge is 0.140 e. The van der Waals surface area contributed by atoms with Gasteiger partial charge in [-0.1, -0.05) is 24.3 Å². The van der Waals surface area contributed by atoms with Gasteiger partial charge in [0.15, 0.2) is 0 Å². The lowest BCUT2D eigenvalue weighted by Crippen LogP contribution is -2.36. The van der Waals surface area contributed by atoms with Crippen LogP contribution in [0, 0.1) is 0 Å². The van der Waals surface area contributed by atoms with E-state index in [1.54, 1.807) is 13.4 Å². The molecule has 2 aromatic heterocycles. The number of ether oxygens (including phenoxy) is 2. The number of hydrogen-bond acceptors (Lipinski definition) is 5. The van der Waals surface area contributed by atoms with Crippen LogP contribution in [0.2, 0.25) is 0 Å². The van der Waals surface area contributed by atoms with Crippen LogP contribution in [-0.2, 0) is 11.2 Å². The summed E-state index contributed by atoms with van der Waals surface area (Å²) in [5, 5.41) is 1.15. The normalized spacial score (nSPS) is 14.6. The molecular weight excluding hydrogens is 480 g/mol. The van der Waals surface area contributed by atoms with Crippen LogP contribution in [0.3, 0.4) is 0 Å². The summed E-state index contributed by atoms with van der Waals surface area (Å²) in [5.41, 5.74) is 4.47. The van der Waals surface area contributed by atoms with Crippen molar-refractivity contribution in [2.45, 2.75) is 12.8 Å². The molecule has 0 saturated carbocycles. The highest BCUT2D eigenvalue weighted by Crippen LogP contribution is 2.32. The molecule has 7 heteroatoms. The molecule has 170 valence electrons. The molecule has 3 heterocycles.